The Kier molecular flexibility index (Phi) is 4.46. The minimum Gasteiger partial charge on any atom is -0.381 e. The average Bonchev–Trinajstić information content (AvgIpc) is 2.84. The lowest BCUT2D eigenvalue weighted by Crippen LogP contribution is -2.19. The quantitative estimate of drug-likeness (QED) is 0.923. The highest BCUT2D eigenvalue weighted by Gasteiger charge is 2.27. The molecule has 5 heteroatoms. The second kappa shape index (κ2) is 5.75. The Morgan fingerprint density at radius 3 is 2.63 bits per heavy atom. The largest absolute Gasteiger partial charge is 0.381 e. The molecular formula is C14H22BrN3O. The summed E-state index contributed by atoms with van der Waals surface area (Å²) < 4.78 is 6.43. The van der Waals surface area contributed by atoms with Gasteiger partial charge in [0.05, 0.1) is 16.8 Å². The summed E-state index contributed by atoms with van der Waals surface area (Å²) in [6, 6.07) is 0. The van der Waals surface area contributed by atoms with Gasteiger partial charge in [0.1, 0.15) is 11.6 Å². The predicted molar refractivity (Wildman–Crippen MR) is 80.8 cm³/mol. The van der Waals surface area contributed by atoms with Crippen molar-refractivity contribution >= 4 is 21.7 Å². The molecule has 2 rings (SSSR count). The molecule has 1 aliphatic rings. The fourth-order valence-corrected chi connectivity index (χ4v) is 3.08. The van der Waals surface area contributed by atoms with Crippen molar-refractivity contribution in [1.29, 1.82) is 0 Å². The minimum absolute atomic E-state index is 0.0137. The maximum Gasteiger partial charge on any atom is 0.144 e. The second-order valence-electron chi connectivity index (χ2n) is 5.93. The van der Waals surface area contributed by atoms with E-state index >= 15 is 0 Å². The molecule has 0 radical (unpaired) electrons. The van der Waals surface area contributed by atoms with Crippen molar-refractivity contribution in [3.63, 3.8) is 0 Å². The lowest BCUT2D eigenvalue weighted by Gasteiger charge is -2.23. The first-order chi connectivity index (χ1) is 8.93. The number of aromatic nitrogens is 2. The Balaban J connectivity index is 2.47. The molecule has 1 fully saturated rings. The first-order valence-electron chi connectivity index (χ1n) is 6.83. The number of ether oxygens (including phenoxy) is 1. The smallest absolute Gasteiger partial charge is 0.144 e. The number of anilines is 1. The van der Waals surface area contributed by atoms with E-state index in [0.717, 1.165) is 48.0 Å². The van der Waals surface area contributed by atoms with E-state index in [-0.39, 0.29) is 5.41 Å². The fourth-order valence-electron chi connectivity index (χ4n) is 2.17. The molecule has 1 aromatic heterocycles. The van der Waals surface area contributed by atoms with E-state index in [1.54, 1.807) is 0 Å². The lowest BCUT2D eigenvalue weighted by atomic mass is 9.91. The number of hydrogen-bond donors (Lipinski definition) is 1. The van der Waals surface area contributed by atoms with Gasteiger partial charge >= 0.3 is 0 Å². The molecular weight excluding hydrogens is 306 g/mol. The molecule has 1 saturated heterocycles. The highest BCUT2D eigenvalue weighted by molar-refractivity contribution is 9.10. The Hall–Kier alpha value is -0.680. The standard InChI is InChI=1S/C14H22BrN3O/c1-5-16-13-10(15)11(14(2,3)4)17-12(18-13)9-6-7-19-8-9/h9H,5-8H2,1-4H3,(H,16,17,18). The third-order valence-corrected chi connectivity index (χ3v) is 3.97. The van der Waals surface area contributed by atoms with Gasteiger partial charge in [-0.05, 0) is 29.3 Å². The molecule has 0 saturated carbocycles. The minimum atomic E-state index is -0.0137. The zero-order valence-electron chi connectivity index (χ0n) is 12.1. The van der Waals surface area contributed by atoms with E-state index in [2.05, 4.69) is 53.9 Å². The highest BCUT2D eigenvalue weighted by atomic mass is 79.9. The maximum absolute atomic E-state index is 5.45. The number of nitrogens with one attached hydrogen (secondary N) is 1. The van der Waals surface area contributed by atoms with Gasteiger partial charge in [-0.2, -0.15) is 0 Å². The van der Waals surface area contributed by atoms with Crippen LogP contribution < -0.4 is 5.32 Å². The summed E-state index contributed by atoms with van der Waals surface area (Å²) in [6.45, 7) is 11.0. The Morgan fingerprint density at radius 1 is 1.37 bits per heavy atom. The summed E-state index contributed by atoms with van der Waals surface area (Å²) in [4.78, 5) is 9.46. The van der Waals surface area contributed by atoms with Crippen molar-refractivity contribution < 1.29 is 4.74 Å². The summed E-state index contributed by atoms with van der Waals surface area (Å²) in [5.41, 5.74) is 1.04. The molecule has 1 N–H and O–H groups in total. The monoisotopic (exact) mass is 327 g/mol. The van der Waals surface area contributed by atoms with Crippen molar-refractivity contribution in [3.05, 3.63) is 16.0 Å². The Morgan fingerprint density at radius 2 is 2.11 bits per heavy atom. The van der Waals surface area contributed by atoms with E-state index in [9.17, 15) is 0 Å². The SMILES string of the molecule is CCNc1nc(C2CCOC2)nc(C(C)(C)C)c1Br. The molecule has 0 amide bonds. The summed E-state index contributed by atoms with van der Waals surface area (Å²) in [5.74, 6) is 2.12. The van der Waals surface area contributed by atoms with Gasteiger partial charge in [-0.15, -0.1) is 0 Å². The molecule has 2 heterocycles. The van der Waals surface area contributed by atoms with Crippen LogP contribution >= 0.6 is 15.9 Å². The summed E-state index contributed by atoms with van der Waals surface area (Å²) >= 11 is 3.64. The maximum atomic E-state index is 5.45. The first-order valence-corrected chi connectivity index (χ1v) is 7.62. The zero-order valence-corrected chi connectivity index (χ0v) is 13.7. The summed E-state index contributed by atoms with van der Waals surface area (Å²) in [5, 5.41) is 3.31. The second-order valence-corrected chi connectivity index (χ2v) is 6.73. The van der Waals surface area contributed by atoms with Crippen molar-refractivity contribution in [2.75, 3.05) is 25.1 Å². The molecule has 4 nitrogen and oxygen atoms in total. The number of halogens is 1. The van der Waals surface area contributed by atoms with Gasteiger partial charge in [-0.1, -0.05) is 20.8 Å². The zero-order chi connectivity index (χ0) is 14.0. The molecule has 1 unspecified atom stereocenters. The van der Waals surface area contributed by atoms with E-state index < -0.39 is 0 Å². The third-order valence-electron chi connectivity index (χ3n) is 3.22. The van der Waals surface area contributed by atoms with Crippen LogP contribution in [0.3, 0.4) is 0 Å². The van der Waals surface area contributed by atoms with Gasteiger partial charge in [0, 0.05) is 24.5 Å². The molecule has 0 aliphatic carbocycles. The molecule has 1 atom stereocenters. The van der Waals surface area contributed by atoms with Crippen LogP contribution in [0.5, 0.6) is 0 Å². The van der Waals surface area contributed by atoms with Crippen LogP contribution in [0.15, 0.2) is 4.47 Å². The molecule has 0 aromatic carbocycles. The normalized spacial score (nSPS) is 19.7. The topological polar surface area (TPSA) is 47.0 Å². The van der Waals surface area contributed by atoms with Crippen molar-refractivity contribution in [1.82, 2.24) is 9.97 Å². The summed E-state index contributed by atoms with van der Waals surface area (Å²) in [7, 11) is 0. The van der Waals surface area contributed by atoms with Crippen molar-refractivity contribution in [2.24, 2.45) is 0 Å². The fraction of sp³-hybridized carbons (Fsp3) is 0.714. The lowest BCUT2D eigenvalue weighted by molar-refractivity contribution is 0.193. The Labute approximate surface area is 123 Å². The van der Waals surface area contributed by atoms with Crippen LogP contribution in [0.25, 0.3) is 0 Å². The van der Waals surface area contributed by atoms with E-state index in [0.29, 0.717) is 5.92 Å². The Bertz CT molecular complexity index is 451. The van der Waals surface area contributed by atoms with Crippen LogP contribution in [0.1, 0.15) is 51.6 Å². The molecule has 19 heavy (non-hydrogen) atoms. The molecule has 0 bridgehead atoms. The molecule has 1 aliphatic heterocycles. The summed E-state index contributed by atoms with van der Waals surface area (Å²) in [6.07, 6.45) is 1.01. The van der Waals surface area contributed by atoms with Crippen LogP contribution in [0, 0.1) is 0 Å². The number of nitrogens with zero attached hydrogens (tertiary/aromatic N) is 2. The van der Waals surface area contributed by atoms with Gasteiger partial charge in [0.25, 0.3) is 0 Å². The third kappa shape index (κ3) is 3.26. The van der Waals surface area contributed by atoms with E-state index in [1.807, 2.05) is 0 Å². The van der Waals surface area contributed by atoms with E-state index in [1.165, 1.54) is 0 Å². The van der Waals surface area contributed by atoms with Gasteiger partial charge in [-0.3, -0.25) is 0 Å². The van der Waals surface area contributed by atoms with Gasteiger partial charge in [-0.25, -0.2) is 9.97 Å². The molecule has 1 aromatic rings. The van der Waals surface area contributed by atoms with Crippen LogP contribution in [0.4, 0.5) is 5.82 Å². The van der Waals surface area contributed by atoms with Gasteiger partial charge in [0.15, 0.2) is 0 Å². The first kappa shape index (κ1) is 14.7. The van der Waals surface area contributed by atoms with Crippen molar-refractivity contribution in [3.8, 4) is 0 Å². The number of hydrogen-bond acceptors (Lipinski definition) is 4. The average molecular weight is 328 g/mol. The van der Waals surface area contributed by atoms with Gasteiger partial charge < -0.3 is 10.1 Å². The van der Waals surface area contributed by atoms with Crippen LogP contribution in [-0.4, -0.2) is 29.7 Å². The van der Waals surface area contributed by atoms with E-state index in [4.69, 9.17) is 9.72 Å². The highest BCUT2D eigenvalue weighted by Crippen LogP contribution is 2.34. The van der Waals surface area contributed by atoms with Gasteiger partial charge in [0.2, 0.25) is 0 Å². The molecule has 0 spiro atoms. The predicted octanol–water partition coefficient (Wildman–Crippen LogP) is 3.47. The van der Waals surface area contributed by atoms with Crippen LogP contribution in [0.2, 0.25) is 0 Å². The number of rotatable bonds is 3. The van der Waals surface area contributed by atoms with Crippen molar-refractivity contribution in [2.45, 2.75) is 45.4 Å². The molecule has 106 valence electrons. The van der Waals surface area contributed by atoms with Crippen LogP contribution in [-0.2, 0) is 10.2 Å².